The van der Waals surface area contributed by atoms with Gasteiger partial charge in [0.2, 0.25) is 15.9 Å². The first kappa shape index (κ1) is 23.5. The van der Waals surface area contributed by atoms with E-state index in [1.165, 1.54) is 6.08 Å². The third kappa shape index (κ3) is 8.93. The topological polar surface area (TPSA) is 93.7 Å². The Balaban J connectivity index is 2.63. The quantitative estimate of drug-likeness (QED) is 0.429. The van der Waals surface area contributed by atoms with Crippen LogP contribution in [0.4, 0.5) is 0 Å². The van der Waals surface area contributed by atoms with Gasteiger partial charge in [0.25, 0.3) is 0 Å². The summed E-state index contributed by atoms with van der Waals surface area (Å²) in [5.74, 6) is 6.63. The predicted octanol–water partition coefficient (Wildman–Crippen LogP) is 1.64. The summed E-state index contributed by atoms with van der Waals surface area (Å²) in [4.78, 5) is 12.2. The van der Waals surface area contributed by atoms with Gasteiger partial charge in [-0.2, -0.15) is 0 Å². The molecule has 0 bridgehead atoms. The Morgan fingerprint density at radius 1 is 1.32 bits per heavy atom. The van der Waals surface area contributed by atoms with Crippen LogP contribution in [0.5, 0.6) is 11.5 Å². The van der Waals surface area contributed by atoms with Gasteiger partial charge >= 0.3 is 0 Å². The number of sulfonamides is 1. The Morgan fingerprint density at radius 2 is 2.07 bits per heavy atom. The van der Waals surface area contributed by atoms with Gasteiger partial charge in [-0.1, -0.05) is 25.0 Å². The van der Waals surface area contributed by atoms with Crippen LogP contribution in [0.25, 0.3) is 0 Å². The molecule has 7 nitrogen and oxygen atoms in total. The first-order chi connectivity index (χ1) is 13.3. The molecule has 0 aliphatic heterocycles. The summed E-state index contributed by atoms with van der Waals surface area (Å²) in [6.07, 6.45) is 4.05. The third-order valence-corrected chi connectivity index (χ3v) is 4.33. The van der Waals surface area contributed by atoms with Crippen molar-refractivity contribution in [3.8, 4) is 23.3 Å². The van der Waals surface area contributed by atoms with Crippen molar-refractivity contribution in [2.45, 2.75) is 32.2 Å². The Bertz CT molecular complexity index is 825. The number of methoxy groups -OCH3 is 1. The molecule has 0 heterocycles. The van der Waals surface area contributed by atoms with Gasteiger partial charge in [-0.05, 0) is 30.5 Å². The standard InChI is InChI=1S/C20H28N2O5S/c1-5-7-8-14-27-18-11-10-16(15-19(18)26-3)12-13-21-20(23)17(9-6-2)22-28(4,24)25/h6,10-11,15,17,22H,2,5,9,12-14H2,1,3-4H3,(H,21,23). The van der Waals surface area contributed by atoms with Crippen molar-refractivity contribution in [1.82, 2.24) is 10.0 Å². The van der Waals surface area contributed by atoms with Crippen LogP contribution < -0.4 is 19.5 Å². The smallest absolute Gasteiger partial charge is 0.238 e. The normalized spacial score (nSPS) is 11.7. The van der Waals surface area contributed by atoms with Gasteiger partial charge in [-0.25, -0.2) is 13.1 Å². The lowest BCUT2D eigenvalue weighted by Gasteiger charge is -2.16. The van der Waals surface area contributed by atoms with Crippen LogP contribution in [0.2, 0.25) is 0 Å². The summed E-state index contributed by atoms with van der Waals surface area (Å²) >= 11 is 0. The first-order valence-corrected chi connectivity index (χ1v) is 10.8. The molecule has 154 valence electrons. The second-order valence-electron chi connectivity index (χ2n) is 5.99. The fourth-order valence-corrected chi connectivity index (χ4v) is 3.08. The van der Waals surface area contributed by atoms with Crippen LogP contribution in [0.3, 0.4) is 0 Å². The molecule has 0 aliphatic rings. The minimum Gasteiger partial charge on any atom is -0.493 e. The number of ether oxygens (including phenoxy) is 2. The van der Waals surface area contributed by atoms with Crippen LogP contribution in [0.15, 0.2) is 30.9 Å². The van der Waals surface area contributed by atoms with E-state index in [2.05, 4.69) is 28.5 Å². The van der Waals surface area contributed by atoms with Gasteiger partial charge in [0.15, 0.2) is 11.5 Å². The van der Waals surface area contributed by atoms with E-state index in [4.69, 9.17) is 9.47 Å². The fourth-order valence-electron chi connectivity index (χ4n) is 2.36. The van der Waals surface area contributed by atoms with Crippen molar-refractivity contribution in [3.63, 3.8) is 0 Å². The van der Waals surface area contributed by atoms with E-state index in [1.807, 2.05) is 19.1 Å². The number of carbonyl (C=O) groups excluding carboxylic acids is 1. The maximum atomic E-state index is 12.2. The molecular weight excluding hydrogens is 380 g/mol. The van der Waals surface area contributed by atoms with Crippen molar-refractivity contribution in [3.05, 3.63) is 36.4 Å². The Labute approximate surface area is 167 Å². The maximum absolute atomic E-state index is 12.2. The van der Waals surface area contributed by atoms with Gasteiger partial charge < -0.3 is 14.8 Å². The van der Waals surface area contributed by atoms with E-state index in [9.17, 15) is 13.2 Å². The lowest BCUT2D eigenvalue weighted by atomic mass is 10.1. The molecular formula is C20H28N2O5S. The van der Waals surface area contributed by atoms with Crippen LogP contribution in [-0.2, 0) is 21.2 Å². The van der Waals surface area contributed by atoms with Crippen LogP contribution >= 0.6 is 0 Å². The number of rotatable bonds is 11. The second-order valence-corrected chi connectivity index (χ2v) is 7.77. The second kappa shape index (κ2) is 12.1. The van der Waals surface area contributed by atoms with Crippen molar-refractivity contribution < 1.29 is 22.7 Å². The van der Waals surface area contributed by atoms with Gasteiger partial charge in [0.1, 0.15) is 12.6 Å². The monoisotopic (exact) mass is 408 g/mol. The molecule has 0 saturated carbocycles. The average Bonchev–Trinajstić information content (AvgIpc) is 2.64. The van der Waals surface area contributed by atoms with Gasteiger partial charge in [-0.3, -0.25) is 4.79 Å². The van der Waals surface area contributed by atoms with Crippen molar-refractivity contribution >= 4 is 15.9 Å². The van der Waals surface area contributed by atoms with E-state index >= 15 is 0 Å². The van der Waals surface area contributed by atoms with E-state index in [1.54, 1.807) is 13.2 Å². The SMILES string of the molecule is C=CCC(NS(C)(=O)=O)C(=O)NCCc1ccc(OCC#CCC)c(OC)c1. The maximum Gasteiger partial charge on any atom is 0.238 e. The Morgan fingerprint density at radius 3 is 2.68 bits per heavy atom. The minimum absolute atomic E-state index is 0.208. The molecule has 0 fully saturated rings. The van der Waals surface area contributed by atoms with Crippen LogP contribution in [0.1, 0.15) is 25.3 Å². The number of carbonyl (C=O) groups is 1. The molecule has 0 saturated heterocycles. The summed E-state index contributed by atoms with van der Waals surface area (Å²) < 4.78 is 36.0. The van der Waals surface area contributed by atoms with E-state index < -0.39 is 22.0 Å². The van der Waals surface area contributed by atoms with E-state index in [-0.39, 0.29) is 13.0 Å². The fraction of sp³-hybridized carbons (Fsp3) is 0.450. The average molecular weight is 409 g/mol. The molecule has 1 unspecified atom stereocenters. The molecule has 8 heteroatoms. The zero-order valence-electron chi connectivity index (χ0n) is 16.6. The summed E-state index contributed by atoms with van der Waals surface area (Å²) in [6, 6.07) is 4.65. The lowest BCUT2D eigenvalue weighted by Crippen LogP contribution is -2.46. The first-order valence-electron chi connectivity index (χ1n) is 8.92. The molecule has 1 amide bonds. The number of benzene rings is 1. The molecule has 1 rings (SSSR count). The van der Waals surface area contributed by atoms with Crippen LogP contribution in [-0.4, -0.2) is 46.9 Å². The zero-order chi connectivity index (χ0) is 21.0. The highest BCUT2D eigenvalue weighted by Crippen LogP contribution is 2.28. The van der Waals surface area contributed by atoms with E-state index in [0.29, 0.717) is 24.5 Å². The number of hydrogen-bond acceptors (Lipinski definition) is 5. The highest BCUT2D eigenvalue weighted by molar-refractivity contribution is 7.88. The summed E-state index contributed by atoms with van der Waals surface area (Å²) in [6.45, 7) is 6.16. The molecule has 0 aromatic heterocycles. The van der Waals surface area contributed by atoms with Gasteiger partial charge in [0, 0.05) is 13.0 Å². The highest BCUT2D eigenvalue weighted by Gasteiger charge is 2.20. The van der Waals surface area contributed by atoms with Gasteiger partial charge in [-0.15, -0.1) is 12.5 Å². The minimum atomic E-state index is -3.49. The lowest BCUT2D eigenvalue weighted by molar-refractivity contribution is -0.122. The molecule has 2 N–H and O–H groups in total. The van der Waals surface area contributed by atoms with Crippen molar-refractivity contribution in [2.75, 3.05) is 26.5 Å². The molecule has 1 aromatic rings. The Kier molecular flexibility index (Phi) is 10.1. The highest BCUT2D eigenvalue weighted by atomic mass is 32.2. The molecule has 0 radical (unpaired) electrons. The van der Waals surface area contributed by atoms with Crippen LogP contribution in [0, 0.1) is 11.8 Å². The summed E-state index contributed by atoms with van der Waals surface area (Å²) in [5, 5.41) is 2.74. The predicted molar refractivity (Wildman–Crippen MR) is 110 cm³/mol. The molecule has 1 aromatic carbocycles. The third-order valence-electron chi connectivity index (χ3n) is 3.62. The van der Waals surface area contributed by atoms with Crippen molar-refractivity contribution in [1.29, 1.82) is 0 Å². The summed E-state index contributed by atoms with van der Waals surface area (Å²) in [7, 11) is -1.93. The van der Waals surface area contributed by atoms with Crippen molar-refractivity contribution in [2.24, 2.45) is 0 Å². The van der Waals surface area contributed by atoms with Gasteiger partial charge in [0.05, 0.1) is 13.4 Å². The molecule has 1 atom stereocenters. The van der Waals surface area contributed by atoms with E-state index in [0.717, 1.165) is 18.2 Å². The Hall–Kier alpha value is -2.50. The molecule has 0 spiro atoms. The number of nitrogens with one attached hydrogen (secondary N) is 2. The summed E-state index contributed by atoms with van der Waals surface area (Å²) in [5.41, 5.74) is 0.945. The molecule has 28 heavy (non-hydrogen) atoms. The molecule has 0 aliphatic carbocycles. The number of hydrogen-bond donors (Lipinski definition) is 2. The largest absolute Gasteiger partial charge is 0.493 e. The zero-order valence-corrected chi connectivity index (χ0v) is 17.4. The number of amides is 1.